The third-order valence-electron chi connectivity index (χ3n) is 2.07. The van der Waals surface area contributed by atoms with Gasteiger partial charge in [-0.3, -0.25) is 4.72 Å². The maximum Gasteiger partial charge on any atom is 0.471 e. The van der Waals surface area contributed by atoms with E-state index < -0.39 is 27.1 Å². The largest absolute Gasteiger partial charge is 0.471 e. The van der Waals surface area contributed by atoms with Crippen LogP contribution in [-0.4, -0.2) is 19.8 Å². The Morgan fingerprint density at radius 2 is 1.62 bits per heavy atom. The van der Waals surface area contributed by atoms with Crippen LogP contribution in [0.5, 0.6) is 5.75 Å². The van der Waals surface area contributed by atoms with Crippen molar-refractivity contribution < 1.29 is 35.1 Å². The van der Waals surface area contributed by atoms with Crippen molar-refractivity contribution in [2.75, 3.05) is 4.72 Å². The third kappa shape index (κ3) is 3.84. The second-order valence-corrected chi connectivity index (χ2v) is 5.67. The molecule has 0 aliphatic carbocycles. The molecule has 0 spiro atoms. The first-order valence-corrected chi connectivity index (χ1v) is 6.75. The predicted molar refractivity (Wildman–Crippen MR) is 65.4 cm³/mol. The van der Waals surface area contributed by atoms with Gasteiger partial charge in [-0.2, -0.15) is 30.4 Å². The normalized spacial score (nSPS) is 12.9. The molecule has 1 N–H and O–H groups in total. The van der Waals surface area contributed by atoms with Crippen LogP contribution in [0.25, 0.3) is 0 Å². The molecule has 0 bridgehead atoms. The summed E-state index contributed by atoms with van der Waals surface area (Å²) < 4.78 is 90.2. The van der Waals surface area contributed by atoms with Gasteiger partial charge in [0.2, 0.25) is 0 Å². The zero-order chi connectivity index (χ0) is 16.5. The van der Waals surface area contributed by atoms with Crippen LogP contribution >= 0.6 is 0 Å². The average molecular weight is 331 g/mol. The molecule has 0 aliphatic heterocycles. The summed E-state index contributed by atoms with van der Waals surface area (Å²) in [5.41, 5.74) is -0.465. The van der Waals surface area contributed by atoms with Crippen LogP contribution in [0.15, 0.2) is 36.6 Å². The lowest BCUT2D eigenvalue weighted by Crippen LogP contribution is -2.46. The summed E-state index contributed by atoms with van der Waals surface area (Å²) >= 11 is 0. The number of nitrogens with one attached hydrogen (secondary N) is 1. The molecule has 0 unspecified atom stereocenters. The van der Waals surface area contributed by atoms with Gasteiger partial charge in [0.05, 0.1) is 5.76 Å². The molecule has 4 nitrogen and oxygen atoms in total. The van der Waals surface area contributed by atoms with Crippen LogP contribution in [0.1, 0.15) is 6.92 Å². The molecule has 1 aromatic carbocycles. The quantitative estimate of drug-likeness (QED) is 0.664. The summed E-state index contributed by atoms with van der Waals surface area (Å²) in [6.07, 6.45) is -6.22. The number of benzene rings is 1. The second kappa shape index (κ2) is 5.51. The molecule has 0 radical (unpaired) electrons. The number of alkyl halides is 5. The minimum Gasteiger partial charge on any atom is -0.463 e. The van der Waals surface area contributed by atoms with Crippen LogP contribution in [0.3, 0.4) is 0 Å². The van der Waals surface area contributed by atoms with Crippen LogP contribution in [0, 0.1) is 0 Å². The van der Waals surface area contributed by atoms with E-state index in [0.29, 0.717) is 5.76 Å². The highest BCUT2D eigenvalue weighted by molar-refractivity contribution is 7.93. The number of hydrogen-bond donors (Lipinski definition) is 1. The van der Waals surface area contributed by atoms with Gasteiger partial charge < -0.3 is 4.74 Å². The Morgan fingerprint density at radius 3 is 2.00 bits per heavy atom. The van der Waals surface area contributed by atoms with Crippen LogP contribution in [0.2, 0.25) is 0 Å². The predicted octanol–water partition coefficient (Wildman–Crippen LogP) is 3.50. The van der Waals surface area contributed by atoms with Crippen LogP contribution in [0.4, 0.5) is 27.6 Å². The smallest absolute Gasteiger partial charge is 0.463 e. The first kappa shape index (κ1) is 17.2. The third-order valence-corrected chi connectivity index (χ3v) is 3.48. The number of ether oxygens (including phenoxy) is 1. The molecule has 0 atom stereocenters. The number of anilines is 1. The van der Waals surface area contributed by atoms with E-state index >= 15 is 0 Å². The lowest BCUT2D eigenvalue weighted by Gasteiger charge is -2.20. The molecule has 0 amide bonds. The van der Waals surface area contributed by atoms with Crippen molar-refractivity contribution in [2.24, 2.45) is 0 Å². The van der Waals surface area contributed by atoms with Gasteiger partial charge in [0.1, 0.15) is 5.75 Å². The number of allylic oxidation sites excluding steroid dienone is 1. The fourth-order valence-electron chi connectivity index (χ4n) is 1.16. The molecule has 0 heterocycles. The molecule has 1 rings (SSSR count). The van der Waals surface area contributed by atoms with E-state index in [1.807, 2.05) is 0 Å². The van der Waals surface area contributed by atoms with Crippen molar-refractivity contribution in [3.63, 3.8) is 0 Å². The molecular formula is C11H10F5NO3S. The Balaban J connectivity index is 2.98. The molecule has 118 valence electrons. The molecule has 0 saturated carbocycles. The fraction of sp³-hybridized carbons (Fsp3) is 0.273. The number of sulfonamides is 1. The Labute approximate surface area is 117 Å². The van der Waals surface area contributed by atoms with Crippen LogP contribution in [-0.2, 0) is 10.0 Å². The zero-order valence-corrected chi connectivity index (χ0v) is 11.4. The lowest BCUT2D eigenvalue weighted by molar-refractivity contribution is -0.241. The monoisotopic (exact) mass is 331 g/mol. The van der Waals surface area contributed by atoms with Crippen molar-refractivity contribution in [2.45, 2.75) is 18.4 Å². The topological polar surface area (TPSA) is 55.4 Å². The molecular weight excluding hydrogens is 321 g/mol. The molecule has 21 heavy (non-hydrogen) atoms. The summed E-state index contributed by atoms with van der Waals surface area (Å²) in [5.74, 6) is 0.528. The first-order chi connectivity index (χ1) is 9.37. The number of halogens is 5. The SMILES string of the molecule is C=C(C)Oc1ccc(NS(=O)(=O)C(F)(F)C(F)(F)F)cc1. The Hall–Kier alpha value is -1.84. The molecule has 0 aromatic heterocycles. The first-order valence-electron chi connectivity index (χ1n) is 5.27. The number of rotatable bonds is 5. The van der Waals surface area contributed by atoms with Gasteiger partial charge >= 0.3 is 21.5 Å². The average Bonchev–Trinajstić information content (AvgIpc) is 2.29. The van der Waals surface area contributed by atoms with E-state index in [-0.39, 0.29) is 5.75 Å². The zero-order valence-electron chi connectivity index (χ0n) is 10.5. The summed E-state index contributed by atoms with van der Waals surface area (Å²) in [6.45, 7) is 4.96. The van der Waals surface area contributed by atoms with E-state index in [9.17, 15) is 30.4 Å². The van der Waals surface area contributed by atoms with Gasteiger partial charge in [-0.05, 0) is 31.2 Å². The molecule has 10 heteroatoms. The Kier molecular flexibility index (Phi) is 4.51. The minimum atomic E-state index is -6.22. The van der Waals surface area contributed by atoms with E-state index in [2.05, 4.69) is 6.58 Å². The molecule has 0 fully saturated rings. The highest BCUT2D eigenvalue weighted by Crippen LogP contribution is 2.40. The van der Waals surface area contributed by atoms with Gasteiger partial charge in [-0.15, -0.1) is 0 Å². The van der Waals surface area contributed by atoms with E-state index in [1.54, 1.807) is 0 Å². The number of hydrogen-bond acceptors (Lipinski definition) is 3. The fourth-order valence-corrected chi connectivity index (χ4v) is 2.04. The summed E-state index contributed by atoms with van der Waals surface area (Å²) in [5, 5.41) is -5.91. The summed E-state index contributed by atoms with van der Waals surface area (Å²) in [7, 11) is -5.97. The standard InChI is InChI=1S/C11H10F5NO3S/c1-7(2)20-9-5-3-8(4-6-9)17-21(18,19)11(15,16)10(12,13)14/h3-6,17H,1H2,2H3. The highest BCUT2D eigenvalue weighted by Gasteiger charge is 2.67. The van der Waals surface area contributed by atoms with Crippen molar-refractivity contribution in [1.29, 1.82) is 0 Å². The van der Waals surface area contributed by atoms with Gasteiger partial charge in [-0.25, -0.2) is 0 Å². The van der Waals surface area contributed by atoms with Crippen molar-refractivity contribution >= 4 is 15.7 Å². The van der Waals surface area contributed by atoms with Crippen molar-refractivity contribution in [3.05, 3.63) is 36.6 Å². The van der Waals surface area contributed by atoms with Crippen molar-refractivity contribution in [3.8, 4) is 5.75 Å². The highest BCUT2D eigenvalue weighted by atomic mass is 32.2. The molecule has 1 aromatic rings. The maximum atomic E-state index is 12.8. The van der Waals surface area contributed by atoms with Gasteiger partial charge in [0.15, 0.2) is 0 Å². The second-order valence-electron chi connectivity index (χ2n) is 3.95. The van der Waals surface area contributed by atoms with Gasteiger partial charge in [0.25, 0.3) is 0 Å². The van der Waals surface area contributed by atoms with E-state index in [4.69, 9.17) is 4.74 Å². The summed E-state index contributed by atoms with van der Waals surface area (Å²) in [4.78, 5) is 0. The van der Waals surface area contributed by atoms with E-state index in [1.165, 1.54) is 23.8 Å². The summed E-state index contributed by atoms with van der Waals surface area (Å²) in [6, 6.07) is 4.31. The Morgan fingerprint density at radius 1 is 1.14 bits per heavy atom. The molecule has 0 saturated heterocycles. The minimum absolute atomic E-state index is 0.216. The van der Waals surface area contributed by atoms with Crippen LogP contribution < -0.4 is 9.46 Å². The van der Waals surface area contributed by atoms with E-state index in [0.717, 1.165) is 12.1 Å². The van der Waals surface area contributed by atoms with Gasteiger partial charge in [-0.1, -0.05) is 6.58 Å². The Bertz CT molecular complexity index is 622. The van der Waals surface area contributed by atoms with Crippen molar-refractivity contribution in [1.82, 2.24) is 0 Å². The van der Waals surface area contributed by atoms with Gasteiger partial charge in [0, 0.05) is 5.69 Å². The maximum absolute atomic E-state index is 12.8. The molecule has 0 aliphatic rings. The lowest BCUT2D eigenvalue weighted by atomic mass is 10.3.